The first-order valence-corrected chi connectivity index (χ1v) is 9.81. The van der Waals surface area contributed by atoms with Crippen LogP contribution in [0.25, 0.3) is 0 Å². The molecule has 31 heavy (non-hydrogen) atoms. The molecular weight excluding hydrogens is 411 g/mol. The fourth-order valence-electron chi connectivity index (χ4n) is 3.39. The zero-order valence-electron chi connectivity index (χ0n) is 16.7. The predicted octanol–water partition coefficient (Wildman–Crippen LogP) is 0.191. The Morgan fingerprint density at radius 3 is 2.94 bits per heavy atom. The van der Waals surface area contributed by atoms with Crippen LogP contribution in [0.3, 0.4) is 0 Å². The molecule has 166 valence electrons. The van der Waals surface area contributed by atoms with E-state index in [1.165, 1.54) is 16.0 Å². The molecule has 2 aliphatic heterocycles. The van der Waals surface area contributed by atoms with E-state index >= 15 is 0 Å². The van der Waals surface area contributed by atoms with Gasteiger partial charge < -0.3 is 20.7 Å². The van der Waals surface area contributed by atoms with E-state index in [4.69, 9.17) is 15.3 Å². The van der Waals surface area contributed by atoms with Gasteiger partial charge in [-0.15, -0.1) is 5.10 Å². The monoisotopic (exact) mass is 434 g/mol. The Balaban J connectivity index is 1.36. The Hall–Kier alpha value is -3.45. The summed E-state index contributed by atoms with van der Waals surface area (Å²) in [6, 6.07) is 4.15. The van der Waals surface area contributed by atoms with Crippen LogP contribution in [0.15, 0.2) is 24.4 Å². The van der Waals surface area contributed by atoms with E-state index in [1.54, 1.807) is 23.2 Å². The minimum Gasteiger partial charge on any atom is -0.443 e. The molecule has 2 fully saturated rings. The number of cyclic esters (lactones) is 1. The van der Waals surface area contributed by atoms with Crippen LogP contribution in [0, 0.1) is 5.82 Å². The Morgan fingerprint density at radius 2 is 2.23 bits per heavy atom. The quantitative estimate of drug-likeness (QED) is 0.606. The molecule has 4 rings (SSSR count). The minimum absolute atomic E-state index is 0.204. The maximum Gasteiger partial charge on any atom is 0.414 e. The van der Waals surface area contributed by atoms with Crippen LogP contribution >= 0.6 is 0 Å². The van der Waals surface area contributed by atoms with Gasteiger partial charge in [0.1, 0.15) is 17.6 Å². The molecule has 0 saturated carbocycles. The van der Waals surface area contributed by atoms with Gasteiger partial charge in [0.15, 0.2) is 0 Å². The summed E-state index contributed by atoms with van der Waals surface area (Å²) >= 11 is 0. The smallest absolute Gasteiger partial charge is 0.414 e. The van der Waals surface area contributed by atoms with Crippen LogP contribution in [0.4, 0.5) is 25.4 Å². The number of carbonyl (C=O) groups is 2. The number of urea groups is 1. The van der Waals surface area contributed by atoms with Crippen molar-refractivity contribution in [3.8, 4) is 0 Å². The van der Waals surface area contributed by atoms with Gasteiger partial charge in [0.25, 0.3) is 0 Å². The number of H-pyrrole nitrogens is 1. The highest BCUT2D eigenvalue weighted by Gasteiger charge is 2.32. The number of anilines is 2. The van der Waals surface area contributed by atoms with Crippen molar-refractivity contribution in [2.75, 3.05) is 49.1 Å². The summed E-state index contributed by atoms with van der Waals surface area (Å²) in [7, 11) is 0. The topological polar surface area (TPSA) is 142 Å². The van der Waals surface area contributed by atoms with E-state index in [-0.39, 0.29) is 32.8 Å². The Morgan fingerprint density at radius 1 is 1.35 bits per heavy atom. The first-order valence-electron chi connectivity index (χ1n) is 9.81. The molecule has 0 bridgehead atoms. The second-order valence-corrected chi connectivity index (χ2v) is 7.03. The first-order chi connectivity index (χ1) is 15.0. The number of nitrogens with zero attached hydrogens (tertiary/aromatic N) is 5. The molecule has 2 aliphatic rings. The summed E-state index contributed by atoms with van der Waals surface area (Å²) in [4.78, 5) is 32.9. The summed E-state index contributed by atoms with van der Waals surface area (Å²) in [6.45, 7) is 1.90. The molecule has 1 atom stereocenters. The van der Waals surface area contributed by atoms with Crippen molar-refractivity contribution in [1.29, 1.82) is 0 Å². The number of hydrogen-bond donors (Lipinski definition) is 3. The number of hydroxylamine groups is 2. The Labute approximate surface area is 177 Å². The van der Waals surface area contributed by atoms with Gasteiger partial charge in [-0.1, -0.05) is 5.21 Å². The molecule has 3 heterocycles. The van der Waals surface area contributed by atoms with Crippen LogP contribution in [-0.2, 0) is 16.1 Å². The van der Waals surface area contributed by atoms with Gasteiger partial charge >= 0.3 is 12.1 Å². The Bertz CT molecular complexity index is 927. The number of aromatic nitrogens is 3. The van der Waals surface area contributed by atoms with Crippen molar-refractivity contribution < 1.29 is 23.6 Å². The number of nitrogens with two attached hydrogens (primary N) is 1. The molecule has 0 radical (unpaired) electrons. The molecule has 0 spiro atoms. The normalized spacial score (nSPS) is 19.4. The summed E-state index contributed by atoms with van der Waals surface area (Å²) < 4.78 is 20.0. The van der Waals surface area contributed by atoms with Crippen LogP contribution in [-0.4, -0.2) is 78.0 Å². The van der Waals surface area contributed by atoms with Gasteiger partial charge in [-0.2, -0.15) is 0 Å². The lowest BCUT2D eigenvalue weighted by molar-refractivity contribution is -0.104. The number of rotatable bonds is 5. The third-order valence-electron chi connectivity index (χ3n) is 5.02. The van der Waals surface area contributed by atoms with Crippen LogP contribution in [0.1, 0.15) is 5.69 Å². The number of halogens is 1. The number of nitrogens with one attached hydrogen (secondary N) is 2. The minimum atomic E-state index is -0.543. The van der Waals surface area contributed by atoms with Gasteiger partial charge in [-0.25, -0.2) is 19.0 Å². The molecule has 1 aromatic heterocycles. The van der Waals surface area contributed by atoms with Gasteiger partial charge in [0.05, 0.1) is 37.6 Å². The summed E-state index contributed by atoms with van der Waals surface area (Å²) in [6.07, 6.45) is 0.632. The molecule has 0 aliphatic carbocycles. The summed E-state index contributed by atoms with van der Waals surface area (Å²) in [5, 5.41) is 13.8. The van der Waals surface area contributed by atoms with Gasteiger partial charge in [0.2, 0.25) is 0 Å². The number of amides is 3. The maximum absolute atomic E-state index is 14.9. The highest BCUT2D eigenvalue weighted by Crippen LogP contribution is 2.28. The SMILES string of the molecule is NC[C@H]1CN(c2ccc(N3CCON(C(=O)NCc4c[nH]nn4)CC3)c(F)c2)C(=O)O1. The van der Waals surface area contributed by atoms with Crippen LogP contribution < -0.4 is 20.9 Å². The lowest BCUT2D eigenvalue weighted by Crippen LogP contribution is -2.41. The molecule has 3 amide bonds. The molecule has 2 saturated heterocycles. The molecule has 12 nitrogen and oxygen atoms in total. The molecular formula is C18H23FN8O4. The van der Waals surface area contributed by atoms with Crippen molar-refractivity contribution in [2.45, 2.75) is 12.6 Å². The zero-order chi connectivity index (χ0) is 21.8. The third-order valence-corrected chi connectivity index (χ3v) is 5.02. The lowest BCUT2D eigenvalue weighted by Gasteiger charge is -2.24. The van der Waals surface area contributed by atoms with Gasteiger partial charge in [-0.05, 0) is 18.2 Å². The van der Waals surface area contributed by atoms with Crippen molar-refractivity contribution in [1.82, 2.24) is 25.8 Å². The first kappa shape index (κ1) is 20.8. The van der Waals surface area contributed by atoms with Gasteiger partial charge in [-0.3, -0.25) is 14.8 Å². The second kappa shape index (κ2) is 9.14. The standard InChI is InChI=1S/C18H23FN8O4/c19-15-7-13(26-11-14(8-20)31-18(26)29)1-2-16(15)25-3-4-27(30-6-5-25)17(28)21-9-12-10-22-24-23-12/h1-2,7,10,14H,3-6,8-9,11,20H2,(H,21,28)(H,22,23,24)/t14-/m0/s1. The molecule has 0 unspecified atom stereocenters. The van der Waals surface area contributed by atoms with Crippen LogP contribution in [0.5, 0.6) is 0 Å². The highest BCUT2D eigenvalue weighted by atomic mass is 19.1. The summed E-state index contributed by atoms with van der Waals surface area (Å²) in [5.41, 5.74) is 6.90. The maximum atomic E-state index is 14.9. The molecule has 1 aromatic carbocycles. The van der Waals surface area contributed by atoms with Crippen LogP contribution in [0.2, 0.25) is 0 Å². The lowest BCUT2D eigenvalue weighted by atomic mass is 10.2. The van der Waals surface area contributed by atoms with Crippen molar-refractivity contribution >= 4 is 23.5 Å². The number of hydrogen-bond acceptors (Lipinski definition) is 8. The zero-order valence-corrected chi connectivity index (χ0v) is 16.7. The highest BCUT2D eigenvalue weighted by molar-refractivity contribution is 5.90. The summed E-state index contributed by atoms with van der Waals surface area (Å²) in [5.74, 6) is -0.481. The van der Waals surface area contributed by atoms with Gasteiger partial charge in [0, 0.05) is 25.8 Å². The van der Waals surface area contributed by atoms with Crippen molar-refractivity contribution in [3.63, 3.8) is 0 Å². The van der Waals surface area contributed by atoms with E-state index in [1.807, 2.05) is 0 Å². The fourth-order valence-corrected chi connectivity index (χ4v) is 3.39. The number of aromatic amines is 1. The van der Waals surface area contributed by atoms with Crippen molar-refractivity contribution in [3.05, 3.63) is 35.9 Å². The fraction of sp³-hybridized carbons (Fsp3) is 0.444. The van der Waals surface area contributed by atoms with E-state index in [9.17, 15) is 14.0 Å². The number of benzene rings is 1. The van der Waals surface area contributed by atoms with E-state index in [0.29, 0.717) is 30.2 Å². The average molecular weight is 434 g/mol. The average Bonchev–Trinajstić information content (AvgIpc) is 3.35. The molecule has 4 N–H and O–H groups in total. The third kappa shape index (κ3) is 4.67. The van der Waals surface area contributed by atoms with Crippen molar-refractivity contribution in [2.24, 2.45) is 5.73 Å². The number of carbonyl (C=O) groups excluding carboxylic acids is 2. The van der Waals surface area contributed by atoms with E-state index < -0.39 is 24.0 Å². The second-order valence-electron chi connectivity index (χ2n) is 7.03. The van der Waals surface area contributed by atoms with E-state index in [2.05, 4.69) is 20.7 Å². The number of ether oxygens (including phenoxy) is 1. The predicted molar refractivity (Wildman–Crippen MR) is 107 cm³/mol. The molecule has 2 aromatic rings. The van der Waals surface area contributed by atoms with E-state index in [0.717, 1.165) is 0 Å². The Kier molecular flexibility index (Phi) is 6.13. The largest absolute Gasteiger partial charge is 0.443 e. The molecule has 13 heteroatoms.